The first kappa shape index (κ1) is 19.6. The number of carbonyl (C=O) groups is 1. The van der Waals surface area contributed by atoms with Crippen LogP contribution >= 0.6 is 23.2 Å². The van der Waals surface area contributed by atoms with Crippen LogP contribution in [0.5, 0.6) is 0 Å². The van der Waals surface area contributed by atoms with Crippen LogP contribution in [0.15, 0.2) is 54.2 Å². The number of nitrogens with zero attached hydrogens (tertiary/aromatic N) is 1. The van der Waals surface area contributed by atoms with Crippen molar-refractivity contribution in [2.24, 2.45) is 0 Å². The van der Waals surface area contributed by atoms with Gasteiger partial charge in [-0.1, -0.05) is 35.3 Å². The predicted molar refractivity (Wildman–Crippen MR) is 93.9 cm³/mol. The van der Waals surface area contributed by atoms with Gasteiger partial charge >= 0.3 is 6.18 Å². The van der Waals surface area contributed by atoms with Crippen LogP contribution in [0.2, 0.25) is 10.0 Å². The molecule has 0 aliphatic rings. The Labute approximate surface area is 156 Å². The molecule has 0 radical (unpaired) electrons. The highest BCUT2D eigenvalue weighted by molar-refractivity contribution is 6.35. The molecule has 0 bridgehead atoms. The van der Waals surface area contributed by atoms with Crippen molar-refractivity contribution in [2.45, 2.75) is 6.18 Å². The molecule has 134 valence electrons. The highest BCUT2D eigenvalue weighted by Gasteiger charge is 2.33. The normalized spacial score (nSPS) is 11.6. The van der Waals surface area contributed by atoms with Crippen molar-refractivity contribution in [1.82, 2.24) is 0 Å². The maximum atomic E-state index is 13.0. The number of anilines is 2. The van der Waals surface area contributed by atoms with Gasteiger partial charge in [0.2, 0.25) is 0 Å². The minimum Gasteiger partial charge on any atom is -0.359 e. The molecular weight excluding hydrogens is 390 g/mol. The zero-order chi connectivity index (χ0) is 19.3. The van der Waals surface area contributed by atoms with Crippen LogP contribution in [-0.2, 0) is 11.0 Å². The summed E-state index contributed by atoms with van der Waals surface area (Å²) < 4.78 is 38.9. The van der Waals surface area contributed by atoms with Gasteiger partial charge in [0.1, 0.15) is 11.6 Å². The van der Waals surface area contributed by atoms with Crippen LogP contribution in [0, 0.1) is 11.3 Å². The minimum absolute atomic E-state index is 0.283. The highest BCUT2D eigenvalue weighted by atomic mass is 35.5. The quantitative estimate of drug-likeness (QED) is 0.529. The number of amides is 1. The number of rotatable bonds is 4. The summed E-state index contributed by atoms with van der Waals surface area (Å²) >= 11 is 11.8. The molecule has 0 atom stereocenters. The van der Waals surface area contributed by atoms with Crippen molar-refractivity contribution in [2.75, 3.05) is 10.6 Å². The monoisotopic (exact) mass is 399 g/mol. The lowest BCUT2D eigenvalue weighted by Crippen LogP contribution is -2.18. The van der Waals surface area contributed by atoms with Crippen molar-refractivity contribution in [3.63, 3.8) is 0 Å². The number of nitrogens with one attached hydrogen (secondary N) is 2. The van der Waals surface area contributed by atoms with Crippen LogP contribution in [0.1, 0.15) is 5.56 Å². The molecule has 9 heteroatoms. The molecule has 0 aromatic heterocycles. The van der Waals surface area contributed by atoms with E-state index in [-0.39, 0.29) is 5.02 Å². The van der Waals surface area contributed by atoms with Gasteiger partial charge in [0.25, 0.3) is 5.91 Å². The molecule has 0 saturated carbocycles. The van der Waals surface area contributed by atoms with E-state index in [2.05, 4.69) is 10.6 Å². The Morgan fingerprint density at radius 3 is 2.46 bits per heavy atom. The van der Waals surface area contributed by atoms with Crippen LogP contribution in [0.4, 0.5) is 24.5 Å². The van der Waals surface area contributed by atoms with Crippen molar-refractivity contribution in [3.05, 3.63) is 69.8 Å². The minimum atomic E-state index is -4.65. The Bertz CT molecular complexity index is 905. The molecule has 2 aromatic rings. The zero-order valence-corrected chi connectivity index (χ0v) is 14.4. The second kappa shape index (κ2) is 8.13. The number of carbonyl (C=O) groups excluding carboxylic acids is 1. The van der Waals surface area contributed by atoms with Crippen LogP contribution in [0.3, 0.4) is 0 Å². The summed E-state index contributed by atoms with van der Waals surface area (Å²) in [7, 11) is 0. The molecule has 0 aliphatic heterocycles. The fraction of sp³-hybridized carbons (Fsp3) is 0.0588. The number of hydrogen-bond donors (Lipinski definition) is 2. The third-order valence-corrected chi connectivity index (χ3v) is 3.71. The first-order valence-electron chi connectivity index (χ1n) is 7.02. The Morgan fingerprint density at radius 2 is 1.81 bits per heavy atom. The van der Waals surface area contributed by atoms with Gasteiger partial charge in [0.15, 0.2) is 0 Å². The summed E-state index contributed by atoms with van der Waals surface area (Å²) in [6, 6.07) is 10.6. The molecule has 0 fully saturated rings. The lowest BCUT2D eigenvalue weighted by atomic mass is 10.1. The van der Waals surface area contributed by atoms with E-state index in [4.69, 9.17) is 28.5 Å². The summed E-state index contributed by atoms with van der Waals surface area (Å²) in [6.07, 6.45) is -3.62. The van der Waals surface area contributed by atoms with E-state index < -0.39 is 28.9 Å². The Hall–Kier alpha value is -2.69. The van der Waals surface area contributed by atoms with E-state index in [1.807, 2.05) is 0 Å². The molecule has 26 heavy (non-hydrogen) atoms. The number of halogens is 5. The van der Waals surface area contributed by atoms with Gasteiger partial charge in [0, 0.05) is 11.2 Å². The molecule has 0 saturated heterocycles. The number of hydrogen-bond acceptors (Lipinski definition) is 3. The van der Waals surface area contributed by atoms with Crippen molar-refractivity contribution >= 4 is 40.5 Å². The molecule has 0 heterocycles. The molecule has 0 spiro atoms. The SMILES string of the molecule is N#C/C(=C/Nc1cc(Cl)ccc1Cl)C(=O)Nc1ccccc1C(F)(F)F. The lowest BCUT2D eigenvalue weighted by molar-refractivity contribution is -0.137. The molecule has 4 nitrogen and oxygen atoms in total. The van der Waals surface area contributed by atoms with Crippen LogP contribution < -0.4 is 10.6 Å². The average Bonchev–Trinajstić information content (AvgIpc) is 2.58. The second-order valence-electron chi connectivity index (χ2n) is 4.94. The van der Waals surface area contributed by atoms with Crippen molar-refractivity contribution in [3.8, 4) is 6.07 Å². The van der Waals surface area contributed by atoms with Gasteiger partial charge in [0.05, 0.1) is 22.0 Å². The fourth-order valence-corrected chi connectivity index (χ4v) is 2.28. The second-order valence-corrected chi connectivity index (χ2v) is 5.78. The lowest BCUT2D eigenvalue weighted by Gasteiger charge is -2.13. The van der Waals surface area contributed by atoms with E-state index in [1.165, 1.54) is 24.3 Å². The Balaban J connectivity index is 2.23. The van der Waals surface area contributed by atoms with E-state index >= 15 is 0 Å². The molecule has 2 N–H and O–H groups in total. The van der Waals surface area contributed by atoms with Crippen molar-refractivity contribution < 1.29 is 18.0 Å². The predicted octanol–water partition coefficient (Wildman–Crippen LogP) is 5.47. The number of nitriles is 1. The van der Waals surface area contributed by atoms with E-state index in [1.54, 1.807) is 12.1 Å². The largest absolute Gasteiger partial charge is 0.418 e. The third kappa shape index (κ3) is 4.91. The van der Waals surface area contributed by atoms with E-state index in [0.717, 1.165) is 18.3 Å². The number of para-hydroxylation sites is 1. The smallest absolute Gasteiger partial charge is 0.359 e. The number of alkyl halides is 3. The van der Waals surface area contributed by atoms with Crippen LogP contribution in [0.25, 0.3) is 0 Å². The average molecular weight is 400 g/mol. The van der Waals surface area contributed by atoms with Gasteiger partial charge in [-0.2, -0.15) is 18.4 Å². The number of benzene rings is 2. The Morgan fingerprint density at radius 1 is 1.12 bits per heavy atom. The van der Waals surface area contributed by atoms with E-state index in [0.29, 0.717) is 10.7 Å². The molecule has 2 rings (SSSR count). The van der Waals surface area contributed by atoms with Crippen LogP contribution in [-0.4, -0.2) is 5.91 Å². The molecule has 1 amide bonds. The maximum absolute atomic E-state index is 13.0. The summed E-state index contributed by atoms with van der Waals surface area (Å²) in [4.78, 5) is 12.1. The van der Waals surface area contributed by atoms with Gasteiger partial charge in [-0.15, -0.1) is 0 Å². The highest BCUT2D eigenvalue weighted by Crippen LogP contribution is 2.34. The van der Waals surface area contributed by atoms with Gasteiger partial charge < -0.3 is 10.6 Å². The van der Waals surface area contributed by atoms with E-state index in [9.17, 15) is 18.0 Å². The molecule has 2 aromatic carbocycles. The van der Waals surface area contributed by atoms with Gasteiger partial charge in [-0.05, 0) is 30.3 Å². The summed E-state index contributed by atoms with van der Waals surface area (Å²) in [5, 5.41) is 14.5. The first-order chi connectivity index (χ1) is 12.2. The molecule has 0 unspecified atom stereocenters. The first-order valence-corrected chi connectivity index (χ1v) is 7.77. The molecule has 0 aliphatic carbocycles. The van der Waals surface area contributed by atoms with Gasteiger partial charge in [-0.3, -0.25) is 4.79 Å². The summed E-state index contributed by atoms with van der Waals surface area (Å²) in [5.74, 6) is -1.00. The Kier molecular flexibility index (Phi) is 6.14. The zero-order valence-electron chi connectivity index (χ0n) is 12.9. The third-order valence-electron chi connectivity index (χ3n) is 3.15. The summed E-state index contributed by atoms with van der Waals surface area (Å²) in [5.41, 5.74) is -1.59. The topological polar surface area (TPSA) is 64.9 Å². The van der Waals surface area contributed by atoms with Crippen molar-refractivity contribution in [1.29, 1.82) is 5.26 Å². The molecular formula is C17H10Cl2F3N3O. The summed E-state index contributed by atoms with van der Waals surface area (Å²) in [6.45, 7) is 0. The van der Waals surface area contributed by atoms with Gasteiger partial charge in [-0.25, -0.2) is 0 Å². The maximum Gasteiger partial charge on any atom is 0.418 e. The standard InChI is InChI=1S/C17H10Cl2F3N3O/c18-11-5-6-13(19)15(7-11)24-9-10(8-23)16(26)25-14-4-2-1-3-12(14)17(20,21)22/h1-7,9,24H,(H,25,26)/b10-9-. The fourth-order valence-electron chi connectivity index (χ4n) is 1.94.